The van der Waals surface area contributed by atoms with E-state index in [2.05, 4.69) is 80.7 Å². The van der Waals surface area contributed by atoms with Gasteiger partial charge in [-0.2, -0.15) is 8.42 Å². The highest BCUT2D eigenvalue weighted by molar-refractivity contribution is 7.85. The van der Waals surface area contributed by atoms with E-state index >= 15 is 0 Å². The van der Waals surface area contributed by atoms with Gasteiger partial charge in [-0.3, -0.25) is 14.1 Å². The van der Waals surface area contributed by atoms with Crippen LogP contribution in [0.1, 0.15) is 155 Å². The molecular formula is C51H82O12S. The molecule has 1 aliphatic heterocycles. The second kappa shape index (κ2) is 39.9. The van der Waals surface area contributed by atoms with Gasteiger partial charge in [0.05, 0.1) is 6.61 Å². The van der Waals surface area contributed by atoms with Gasteiger partial charge in [0, 0.05) is 12.8 Å². The minimum absolute atomic E-state index is 0.0247. The average molecular weight is 919 g/mol. The van der Waals surface area contributed by atoms with Crippen molar-refractivity contribution < 1.29 is 56.8 Å². The Bertz CT molecular complexity index is 1540. The maximum Gasteiger partial charge on any atom is 0.306 e. The van der Waals surface area contributed by atoms with Crippen LogP contribution in [-0.2, 0) is 38.7 Å². The number of allylic oxidation sites excluding steroid dienone is 16. The molecule has 1 aliphatic rings. The summed E-state index contributed by atoms with van der Waals surface area (Å²) in [6.07, 6.45) is 44.7. The van der Waals surface area contributed by atoms with E-state index in [4.69, 9.17) is 18.9 Å². The number of carbonyl (C=O) groups is 2. The number of hydrogen-bond acceptors (Lipinski definition) is 11. The summed E-state index contributed by atoms with van der Waals surface area (Å²) in [5.41, 5.74) is 0. The summed E-state index contributed by atoms with van der Waals surface area (Å²) in [6, 6.07) is 0. The molecule has 6 atom stereocenters. The number of unbranched alkanes of at least 4 members (excludes halogenated alkanes) is 10. The first-order valence-corrected chi connectivity index (χ1v) is 25.4. The molecule has 0 amide bonds. The number of esters is 2. The van der Waals surface area contributed by atoms with Crippen LogP contribution in [0.15, 0.2) is 97.2 Å². The van der Waals surface area contributed by atoms with Crippen LogP contribution in [0.4, 0.5) is 0 Å². The van der Waals surface area contributed by atoms with Gasteiger partial charge in [-0.25, -0.2) is 0 Å². The zero-order valence-corrected chi connectivity index (χ0v) is 39.7. The first-order chi connectivity index (χ1) is 31.0. The number of ether oxygens (including phenoxy) is 4. The van der Waals surface area contributed by atoms with Crippen molar-refractivity contribution in [3.63, 3.8) is 0 Å². The Morgan fingerprint density at radius 3 is 1.48 bits per heavy atom. The molecule has 4 N–H and O–H groups in total. The molecule has 0 aromatic heterocycles. The summed E-state index contributed by atoms with van der Waals surface area (Å²) in [6.45, 7) is 3.61. The summed E-state index contributed by atoms with van der Waals surface area (Å²) in [4.78, 5) is 25.4. The number of aliphatic hydroxyl groups excluding tert-OH is 3. The van der Waals surface area contributed by atoms with Gasteiger partial charge in [-0.15, -0.1) is 0 Å². The van der Waals surface area contributed by atoms with Crippen molar-refractivity contribution in [3.8, 4) is 0 Å². The monoisotopic (exact) mass is 919 g/mol. The van der Waals surface area contributed by atoms with Crippen molar-refractivity contribution in [2.75, 3.05) is 19.0 Å². The van der Waals surface area contributed by atoms with E-state index in [1.165, 1.54) is 57.8 Å². The Kier molecular flexibility index (Phi) is 36.5. The van der Waals surface area contributed by atoms with Gasteiger partial charge < -0.3 is 34.3 Å². The predicted molar refractivity (Wildman–Crippen MR) is 256 cm³/mol. The van der Waals surface area contributed by atoms with Crippen molar-refractivity contribution >= 4 is 22.1 Å². The molecular weight excluding hydrogens is 837 g/mol. The van der Waals surface area contributed by atoms with E-state index in [1.54, 1.807) is 0 Å². The van der Waals surface area contributed by atoms with Gasteiger partial charge in [0.25, 0.3) is 10.1 Å². The largest absolute Gasteiger partial charge is 0.462 e. The van der Waals surface area contributed by atoms with Crippen LogP contribution in [0.2, 0.25) is 0 Å². The highest BCUT2D eigenvalue weighted by atomic mass is 32.2. The van der Waals surface area contributed by atoms with E-state index in [-0.39, 0.29) is 19.4 Å². The Balaban J connectivity index is 2.53. The highest BCUT2D eigenvalue weighted by Gasteiger charge is 2.46. The standard InChI is InChI=1S/C51H82O12S/c1-3-5-7-9-11-13-15-17-19-21-22-24-26-28-30-32-34-36-38-40-47(53)62-44(42-61-51-50(56)49(55)48(54)45(63-51)43-64(57,58)59)41-60-46(52)39-37-35-33-31-29-27-25-23-20-18-16-14-12-10-8-6-4-2/h11,13,17-20,22,24-25,27-28,30-31,33-34,36,44-45,48-51,54-56H,3-10,12,14-16,21,23,26,29,32,35,37-43H2,1-2H3,(H,57,58,59)/b13-11+,19-17+,20-18+,24-22+,27-25+,30-28+,33-31+,36-34+/t44-,45-,48-,49?,50?,51+/m1/s1. The molecule has 2 unspecified atom stereocenters. The van der Waals surface area contributed by atoms with E-state index in [9.17, 15) is 37.9 Å². The van der Waals surface area contributed by atoms with Crippen molar-refractivity contribution in [3.05, 3.63) is 97.2 Å². The molecule has 64 heavy (non-hydrogen) atoms. The Hall–Kier alpha value is -3.43. The van der Waals surface area contributed by atoms with Gasteiger partial charge >= 0.3 is 11.9 Å². The number of aliphatic hydroxyl groups is 3. The van der Waals surface area contributed by atoms with E-state index in [0.717, 1.165) is 44.9 Å². The highest BCUT2D eigenvalue weighted by Crippen LogP contribution is 2.24. The predicted octanol–water partition coefficient (Wildman–Crippen LogP) is 10.2. The Morgan fingerprint density at radius 2 is 0.969 bits per heavy atom. The SMILES string of the molecule is CCCCC/C=C/C/C=C/C/C=C/C/C=C/C/C=C/CCC(=O)O[C@H](COC(=O)CCC/C=C/C/C=C/C/C=C/CCCCCCCC)CO[C@H]1O[C@H](CS(=O)(=O)O)[C@@H](O)C(O)C1O. The van der Waals surface area contributed by atoms with Crippen molar-refractivity contribution in [1.29, 1.82) is 0 Å². The summed E-state index contributed by atoms with van der Waals surface area (Å²) in [5, 5.41) is 30.9. The van der Waals surface area contributed by atoms with Gasteiger partial charge in [-0.05, 0) is 83.5 Å². The van der Waals surface area contributed by atoms with Gasteiger partial charge in [0.1, 0.15) is 36.8 Å². The molecule has 0 radical (unpaired) electrons. The molecule has 0 aromatic carbocycles. The lowest BCUT2D eigenvalue weighted by molar-refractivity contribution is -0.297. The van der Waals surface area contributed by atoms with Crippen molar-refractivity contribution in [2.45, 2.75) is 192 Å². The van der Waals surface area contributed by atoms with Crippen molar-refractivity contribution in [1.82, 2.24) is 0 Å². The van der Waals surface area contributed by atoms with Crippen LogP contribution in [0.25, 0.3) is 0 Å². The molecule has 12 nitrogen and oxygen atoms in total. The second-order valence-electron chi connectivity index (χ2n) is 16.1. The summed E-state index contributed by atoms with van der Waals surface area (Å²) in [5.74, 6) is -2.17. The molecule has 0 bridgehead atoms. The van der Waals surface area contributed by atoms with Gasteiger partial charge in [0.15, 0.2) is 12.4 Å². The maximum absolute atomic E-state index is 12.8. The second-order valence-corrected chi connectivity index (χ2v) is 17.6. The third kappa shape index (κ3) is 34.0. The van der Waals surface area contributed by atoms with Gasteiger partial charge in [-0.1, -0.05) is 156 Å². The number of hydrogen-bond donors (Lipinski definition) is 4. The average Bonchev–Trinajstić information content (AvgIpc) is 3.26. The van der Waals surface area contributed by atoms with Crippen LogP contribution in [0.3, 0.4) is 0 Å². The zero-order valence-electron chi connectivity index (χ0n) is 38.8. The number of rotatable bonds is 38. The van der Waals surface area contributed by atoms with Crippen LogP contribution >= 0.6 is 0 Å². The fraction of sp³-hybridized carbons (Fsp3) is 0.647. The smallest absolute Gasteiger partial charge is 0.306 e. The van der Waals surface area contributed by atoms with Crippen LogP contribution in [-0.4, -0.2) is 96.0 Å². The quantitative estimate of drug-likeness (QED) is 0.0199. The lowest BCUT2D eigenvalue weighted by Gasteiger charge is -2.40. The molecule has 0 aromatic rings. The number of carbonyl (C=O) groups excluding carboxylic acids is 2. The lowest BCUT2D eigenvalue weighted by Crippen LogP contribution is -2.60. The summed E-state index contributed by atoms with van der Waals surface area (Å²) in [7, 11) is -4.62. The molecule has 1 saturated heterocycles. The van der Waals surface area contributed by atoms with Crippen LogP contribution in [0, 0.1) is 0 Å². The Labute approximate surface area is 385 Å². The third-order valence-electron chi connectivity index (χ3n) is 10.1. The Morgan fingerprint density at radius 1 is 0.531 bits per heavy atom. The third-order valence-corrected chi connectivity index (χ3v) is 10.9. The minimum atomic E-state index is -4.62. The van der Waals surface area contributed by atoms with E-state index < -0.39 is 71.2 Å². The fourth-order valence-electron chi connectivity index (χ4n) is 6.44. The van der Waals surface area contributed by atoms with Crippen molar-refractivity contribution in [2.24, 2.45) is 0 Å². The molecule has 1 heterocycles. The first-order valence-electron chi connectivity index (χ1n) is 23.8. The topological polar surface area (TPSA) is 186 Å². The fourth-order valence-corrected chi connectivity index (χ4v) is 7.13. The van der Waals surface area contributed by atoms with Gasteiger partial charge in [0.2, 0.25) is 0 Å². The molecule has 0 spiro atoms. The van der Waals surface area contributed by atoms with E-state index in [1.807, 2.05) is 30.4 Å². The molecule has 13 heteroatoms. The zero-order chi connectivity index (χ0) is 46.9. The molecule has 364 valence electrons. The normalized spacial score (nSPS) is 20.5. The van der Waals surface area contributed by atoms with Crippen LogP contribution < -0.4 is 0 Å². The first kappa shape index (κ1) is 58.6. The maximum atomic E-state index is 12.8. The molecule has 1 fully saturated rings. The lowest BCUT2D eigenvalue weighted by atomic mass is 10.00. The molecule has 0 aliphatic carbocycles. The summed E-state index contributed by atoms with van der Waals surface area (Å²) >= 11 is 0. The molecule has 1 rings (SSSR count). The van der Waals surface area contributed by atoms with Crippen LogP contribution in [0.5, 0.6) is 0 Å². The van der Waals surface area contributed by atoms with E-state index in [0.29, 0.717) is 25.7 Å². The minimum Gasteiger partial charge on any atom is -0.462 e. The molecule has 0 saturated carbocycles. The summed E-state index contributed by atoms with van der Waals surface area (Å²) < 4.78 is 54.0.